The number of nitrogens with one attached hydrogen (secondary N) is 1. The predicted octanol–water partition coefficient (Wildman–Crippen LogP) is 3.87. The average Bonchev–Trinajstić information content (AvgIpc) is 3.13. The summed E-state index contributed by atoms with van der Waals surface area (Å²) in [7, 11) is 0. The lowest BCUT2D eigenvalue weighted by molar-refractivity contribution is 0.529. The van der Waals surface area contributed by atoms with E-state index in [0.717, 1.165) is 11.3 Å². The number of aryl methyl sites for hydroxylation is 1. The third-order valence-electron chi connectivity index (χ3n) is 3.11. The molecule has 0 atom stereocenters. The van der Waals surface area contributed by atoms with Crippen LogP contribution >= 0.6 is 23.2 Å². The van der Waals surface area contributed by atoms with E-state index in [1.54, 1.807) is 16.8 Å². The molecule has 0 aliphatic rings. The Bertz CT molecular complexity index is 783. The van der Waals surface area contributed by atoms with Crippen molar-refractivity contribution >= 4 is 29.2 Å². The molecule has 3 rings (SSSR count). The number of halogens is 2. The zero-order valence-electron chi connectivity index (χ0n) is 11.8. The highest BCUT2D eigenvalue weighted by Crippen LogP contribution is 2.31. The minimum atomic E-state index is 0.478. The summed E-state index contributed by atoms with van der Waals surface area (Å²) in [6.45, 7) is 3.14. The molecule has 0 unspecified atom stereocenters. The van der Waals surface area contributed by atoms with Crippen LogP contribution in [0.3, 0.4) is 0 Å². The Balaban J connectivity index is 1.74. The van der Waals surface area contributed by atoms with Gasteiger partial charge in [0.05, 0.1) is 11.6 Å². The Morgan fingerprint density at radius 3 is 2.86 bits per heavy atom. The Labute approximate surface area is 137 Å². The molecule has 0 bridgehead atoms. The molecule has 0 amide bonds. The monoisotopic (exact) mass is 337 g/mol. The van der Waals surface area contributed by atoms with Crippen molar-refractivity contribution in [1.82, 2.24) is 20.2 Å². The number of benzene rings is 1. The summed E-state index contributed by atoms with van der Waals surface area (Å²) in [5.74, 6) is 2.05. The van der Waals surface area contributed by atoms with E-state index in [2.05, 4.69) is 20.8 Å². The summed E-state index contributed by atoms with van der Waals surface area (Å²) >= 11 is 12.1. The third kappa shape index (κ3) is 3.08. The molecule has 0 spiro atoms. The van der Waals surface area contributed by atoms with Crippen LogP contribution in [0.4, 0.5) is 5.95 Å². The molecular formula is C14H13Cl2N5O. The van der Waals surface area contributed by atoms with Crippen LogP contribution in [0, 0.1) is 0 Å². The van der Waals surface area contributed by atoms with E-state index in [0.29, 0.717) is 34.8 Å². The van der Waals surface area contributed by atoms with Gasteiger partial charge in [-0.25, -0.2) is 4.68 Å². The van der Waals surface area contributed by atoms with E-state index in [9.17, 15) is 0 Å². The topological polar surface area (TPSA) is 68.8 Å². The minimum absolute atomic E-state index is 0.478. The normalized spacial score (nSPS) is 10.9. The molecule has 0 aliphatic carbocycles. The lowest BCUT2D eigenvalue weighted by atomic mass is 10.2. The highest BCUT2D eigenvalue weighted by atomic mass is 35.5. The fourth-order valence-corrected chi connectivity index (χ4v) is 2.52. The molecule has 0 saturated heterocycles. The van der Waals surface area contributed by atoms with Gasteiger partial charge in [0.2, 0.25) is 5.95 Å². The van der Waals surface area contributed by atoms with Crippen molar-refractivity contribution in [2.45, 2.75) is 20.0 Å². The Hall–Kier alpha value is -2.05. The van der Waals surface area contributed by atoms with E-state index >= 15 is 0 Å². The van der Waals surface area contributed by atoms with Gasteiger partial charge in [0.1, 0.15) is 11.5 Å². The summed E-state index contributed by atoms with van der Waals surface area (Å²) < 4.78 is 7.46. The van der Waals surface area contributed by atoms with Gasteiger partial charge >= 0.3 is 0 Å². The molecule has 1 aromatic carbocycles. The Morgan fingerprint density at radius 2 is 2.09 bits per heavy atom. The molecule has 2 aromatic heterocycles. The molecule has 0 aliphatic heterocycles. The summed E-state index contributed by atoms with van der Waals surface area (Å²) in [6, 6.07) is 9.05. The highest BCUT2D eigenvalue weighted by molar-refractivity contribution is 6.36. The molecule has 2 heterocycles. The van der Waals surface area contributed by atoms with E-state index in [1.165, 1.54) is 0 Å². The Kier molecular flexibility index (Phi) is 4.31. The first kappa shape index (κ1) is 14.9. The van der Waals surface area contributed by atoms with E-state index in [4.69, 9.17) is 27.6 Å². The van der Waals surface area contributed by atoms with Gasteiger partial charge in [-0.15, -0.1) is 0 Å². The van der Waals surface area contributed by atoms with Crippen molar-refractivity contribution in [2.24, 2.45) is 0 Å². The molecule has 22 heavy (non-hydrogen) atoms. The maximum Gasteiger partial charge on any atom is 0.243 e. The maximum atomic E-state index is 6.18. The van der Waals surface area contributed by atoms with Gasteiger partial charge in [-0.2, -0.15) is 0 Å². The molecule has 114 valence electrons. The van der Waals surface area contributed by atoms with Crippen LogP contribution in [0.2, 0.25) is 10.0 Å². The van der Waals surface area contributed by atoms with Gasteiger partial charge in [-0.05, 0) is 47.7 Å². The second kappa shape index (κ2) is 6.37. The van der Waals surface area contributed by atoms with Gasteiger partial charge < -0.3 is 9.73 Å². The molecule has 0 fully saturated rings. The van der Waals surface area contributed by atoms with Crippen LogP contribution in [-0.4, -0.2) is 20.2 Å². The molecule has 0 saturated carbocycles. The number of tetrazole rings is 1. The number of aromatic nitrogens is 4. The Morgan fingerprint density at radius 1 is 1.23 bits per heavy atom. The van der Waals surface area contributed by atoms with Crippen LogP contribution in [0.15, 0.2) is 34.7 Å². The van der Waals surface area contributed by atoms with Crippen molar-refractivity contribution in [1.29, 1.82) is 0 Å². The molecule has 8 heteroatoms. The largest absolute Gasteiger partial charge is 0.459 e. The first-order valence-corrected chi connectivity index (χ1v) is 7.47. The van der Waals surface area contributed by atoms with Crippen LogP contribution in [0.1, 0.15) is 12.7 Å². The minimum Gasteiger partial charge on any atom is -0.459 e. The summed E-state index contributed by atoms with van der Waals surface area (Å²) in [5.41, 5.74) is 0.802. The van der Waals surface area contributed by atoms with Gasteiger partial charge in [0.25, 0.3) is 0 Å². The fourth-order valence-electron chi connectivity index (χ4n) is 2.02. The predicted molar refractivity (Wildman–Crippen MR) is 85.0 cm³/mol. The number of furan rings is 1. The average molecular weight is 338 g/mol. The fraction of sp³-hybridized carbons (Fsp3) is 0.214. The van der Waals surface area contributed by atoms with Crippen LogP contribution in [-0.2, 0) is 13.1 Å². The third-order valence-corrected chi connectivity index (χ3v) is 3.66. The van der Waals surface area contributed by atoms with Gasteiger partial charge in [0, 0.05) is 17.1 Å². The molecule has 1 N–H and O–H groups in total. The lowest BCUT2D eigenvalue weighted by Gasteiger charge is -2.04. The molecular weight excluding hydrogens is 325 g/mol. The van der Waals surface area contributed by atoms with Crippen LogP contribution < -0.4 is 5.32 Å². The number of anilines is 1. The maximum absolute atomic E-state index is 6.18. The second-order valence-electron chi connectivity index (χ2n) is 4.56. The number of rotatable bonds is 5. The summed E-state index contributed by atoms with van der Waals surface area (Å²) in [5, 5.41) is 15.6. The highest BCUT2D eigenvalue weighted by Gasteiger charge is 2.10. The molecule has 3 aromatic rings. The number of hydrogen-bond acceptors (Lipinski definition) is 5. The van der Waals surface area contributed by atoms with Gasteiger partial charge in [0.15, 0.2) is 0 Å². The lowest BCUT2D eigenvalue weighted by Crippen LogP contribution is -2.07. The summed E-state index contributed by atoms with van der Waals surface area (Å²) in [4.78, 5) is 0. The standard InChI is InChI=1S/C14H13Cl2N5O/c1-2-21-14(18-19-20-21)17-8-10-4-6-13(22-10)11-5-3-9(15)7-12(11)16/h3-7H,2,8H2,1H3,(H,17,18,20). The number of nitrogens with zero attached hydrogens (tertiary/aromatic N) is 4. The second-order valence-corrected chi connectivity index (χ2v) is 5.41. The van der Waals surface area contributed by atoms with Gasteiger partial charge in [-0.3, -0.25) is 0 Å². The quantitative estimate of drug-likeness (QED) is 0.765. The van der Waals surface area contributed by atoms with Crippen molar-refractivity contribution in [2.75, 3.05) is 5.32 Å². The number of hydrogen-bond donors (Lipinski definition) is 1. The first-order valence-electron chi connectivity index (χ1n) is 6.71. The molecule has 6 nitrogen and oxygen atoms in total. The zero-order valence-corrected chi connectivity index (χ0v) is 13.3. The SMILES string of the molecule is CCn1nnnc1NCc1ccc(-c2ccc(Cl)cc2Cl)o1. The van der Waals surface area contributed by atoms with Crippen molar-refractivity contribution < 1.29 is 4.42 Å². The van der Waals surface area contributed by atoms with E-state index in [1.807, 2.05) is 25.1 Å². The van der Waals surface area contributed by atoms with Gasteiger partial charge in [-0.1, -0.05) is 28.3 Å². The van der Waals surface area contributed by atoms with Crippen molar-refractivity contribution in [3.8, 4) is 11.3 Å². The van der Waals surface area contributed by atoms with E-state index in [-0.39, 0.29) is 0 Å². The first-order chi connectivity index (χ1) is 10.7. The van der Waals surface area contributed by atoms with Crippen LogP contribution in [0.25, 0.3) is 11.3 Å². The van der Waals surface area contributed by atoms with E-state index < -0.39 is 0 Å². The van der Waals surface area contributed by atoms with Crippen molar-refractivity contribution in [3.63, 3.8) is 0 Å². The molecule has 0 radical (unpaired) electrons. The van der Waals surface area contributed by atoms with Crippen LogP contribution in [0.5, 0.6) is 0 Å². The van der Waals surface area contributed by atoms with Crippen molar-refractivity contribution in [3.05, 3.63) is 46.1 Å². The summed E-state index contributed by atoms with van der Waals surface area (Å²) in [6.07, 6.45) is 0. The zero-order chi connectivity index (χ0) is 15.5. The smallest absolute Gasteiger partial charge is 0.243 e.